The molecule has 4 N–H and O–H groups in total. The molecule has 2 atom stereocenters. The number of aliphatic carboxylic acids is 1. The second-order valence-electron chi connectivity index (χ2n) is 4.63. The Morgan fingerprint density at radius 3 is 2.79 bits per heavy atom. The number of aryl methyl sites for hydroxylation is 1. The van der Waals surface area contributed by atoms with Crippen LogP contribution in [0.15, 0.2) is 18.2 Å². The van der Waals surface area contributed by atoms with Crippen molar-refractivity contribution in [1.29, 1.82) is 0 Å². The highest BCUT2D eigenvalue weighted by Gasteiger charge is 2.35. The zero-order chi connectivity index (χ0) is 14.0. The normalized spacial score (nSPS) is 22.2. The molecule has 1 aliphatic heterocycles. The van der Waals surface area contributed by atoms with Crippen molar-refractivity contribution in [2.24, 2.45) is 5.92 Å². The molecular formula is C13H16N2O4. The highest BCUT2D eigenvalue weighted by atomic mass is 16.5. The van der Waals surface area contributed by atoms with E-state index in [1.807, 2.05) is 6.92 Å². The maximum absolute atomic E-state index is 12.0. The molecule has 0 radical (unpaired) electrons. The van der Waals surface area contributed by atoms with Crippen LogP contribution in [0.1, 0.15) is 15.9 Å². The molecule has 1 aromatic rings. The minimum absolute atomic E-state index is 0.121. The molecule has 6 heteroatoms. The van der Waals surface area contributed by atoms with Crippen molar-refractivity contribution < 1.29 is 19.4 Å². The van der Waals surface area contributed by atoms with Crippen molar-refractivity contribution in [3.8, 4) is 0 Å². The fourth-order valence-electron chi connectivity index (χ4n) is 1.97. The Balaban J connectivity index is 2.08. The summed E-state index contributed by atoms with van der Waals surface area (Å²) in [4.78, 5) is 23.0. The molecule has 19 heavy (non-hydrogen) atoms. The van der Waals surface area contributed by atoms with E-state index in [0.29, 0.717) is 11.3 Å². The van der Waals surface area contributed by atoms with Crippen LogP contribution in [-0.2, 0) is 9.53 Å². The smallest absolute Gasteiger partial charge is 0.311 e. The summed E-state index contributed by atoms with van der Waals surface area (Å²) in [5.74, 6) is -2.01. The SMILES string of the molecule is Cc1ccc(C(=O)NC2COCC2C(=O)O)cc1N. The van der Waals surface area contributed by atoms with Gasteiger partial charge in [0.2, 0.25) is 0 Å². The number of ether oxygens (including phenoxy) is 1. The Hall–Kier alpha value is -2.08. The fraction of sp³-hybridized carbons (Fsp3) is 0.385. The number of carbonyl (C=O) groups excluding carboxylic acids is 1. The monoisotopic (exact) mass is 264 g/mol. The van der Waals surface area contributed by atoms with E-state index in [0.717, 1.165) is 5.56 Å². The topological polar surface area (TPSA) is 102 Å². The molecule has 0 aliphatic carbocycles. The summed E-state index contributed by atoms with van der Waals surface area (Å²) in [6.07, 6.45) is 0. The molecule has 0 spiro atoms. The van der Waals surface area contributed by atoms with Gasteiger partial charge in [-0.15, -0.1) is 0 Å². The van der Waals surface area contributed by atoms with E-state index < -0.39 is 17.9 Å². The Bertz CT molecular complexity index is 515. The third kappa shape index (κ3) is 2.85. The van der Waals surface area contributed by atoms with Crippen LogP contribution in [0.5, 0.6) is 0 Å². The van der Waals surface area contributed by atoms with Crippen LogP contribution in [0.25, 0.3) is 0 Å². The predicted molar refractivity (Wildman–Crippen MR) is 68.8 cm³/mol. The number of nitrogen functional groups attached to an aromatic ring is 1. The van der Waals surface area contributed by atoms with Gasteiger partial charge in [0.05, 0.1) is 19.3 Å². The zero-order valence-electron chi connectivity index (χ0n) is 10.6. The van der Waals surface area contributed by atoms with Crippen molar-refractivity contribution in [1.82, 2.24) is 5.32 Å². The number of hydrogen-bond acceptors (Lipinski definition) is 4. The molecule has 1 fully saturated rings. The summed E-state index contributed by atoms with van der Waals surface area (Å²) < 4.78 is 5.09. The number of carboxylic acids is 1. The van der Waals surface area contributed by atoms with E-state index in [1.165, 1.54) is 0 Å². The summed E-state index contributed by atoms with van der Waals surface area (Å²) in [5, 5.41) is 11.7. The number of amides is 1. The average molecular weight is 264 g/mol. The summed E-state index contributed by atoms with van der Waals surface area (Å²) in [6, 6.07) is 4.49. The molecule has 0 bridgehead atoms. The van der Waals surface area contributed by atoms with Gasteiger partial charge in [0.1, 0.15) is 5.92 Å². The van der Waals surface area contributed by atoms with Crippen LogP contribution in [0.4, 0.5) is 5.69 Å². The molecule has 102 valence electrons. The van der Waals surface area contributed by atoms with Gasteiger partial charge in [-0.1, -0.05) is 6.07 Å². The molecule has 2 unspecified atom stereocenters. The molecule has 1 aliphatic rings. The molecule has 1 amide bonds. The molecule has 1 saturated heterocycles. The first-order valence-corrected chi connectivity index (χ1v) is 5.96. The van der Waals surface area contributed by atoms with Gasteiger partial charge in [-0.3, -0.25) is 9.59 Å². The minimum atomic E-state index is -0.966. The van der Waals surface area contributed by atoms with Gasteiger partial charge in [0.15, 0.2) is 0 Å². The van der Waals surface area contributed by atoms with Crippen LogP contribution in [0.2, 0.25) is 0 Å². The largest absolute Gasteiger partial charge is 0.481 e. The van der Waals surface area contributed by atoms with Crippen molar-refractivity contribution in [3.05, 3.63) is 29.3 Å². The van der Waals surface area contributed by atoms with E-state index in [-0.39, 0.29) is 19.1 Å². The fourth-order valence-corrected chi connectivity index (χ4v) is 1.97. The maximum Gasteiger partial charge on any atom is 0.311 e. The van der Waals surface area contributed by atoms with Gasteiger partial charge < -0.3 is 20.9 Å². The van der Waals surface area contributed by atoms with Gasteiger partial charge in [-0.25, -0.2) is 0 Å². The van der Waals surface area contributed by atoms with Crippen LogP contribution in [0, 0.1) is 12.8 Å². The number of hydrogen-bond donors (Lipinski definition) is 3. The van der Waals surface area contributed by atoms with Gasteiger partial charge in [0.25, 0.3) is 5.91 Å². The predicted octanol–water partition coefficient (Wildman–Crippen LogP) is 0.407. The molecule has 2 rings (SSSR count). The van der Waals surface area contributed by atoms with Gasteiger partial charge >= 0.3 is 5.97 Å². The first-order chi connectivity index (χ1) is 8.99. The summed E-state index contributed by atoms with van der Waals surface area (Å²) in [6.45, 7) is 2.18. The summed E-state index contributed by atoms with van der Waals surface area (Å²) >= 11 is 0. The zero-order valence-corrected chi connectivity index (χ0v) is 10.6. The summed E-state index contributed by atoms with van der Waals surface area (Å²) in [7, 11) is 0. The lowest BCUT2D eigenvalue weighted by atomic mass is 10.0. The van der Waals surface area contributed by atoms with Gasteiger partial charge in [-0.2, -0.15) is 0 Å². The van der Waals surface area contributed by atoms with Crippen molar-refractivity contribution >= 4 is 17.6 Å². The molecular weight excluding hydrogens is 248 g/mol. The quantitative estimate of drug-likeness (QED) is 0.686. The van der Waals surface area contributed by atoms with Crippen LogP contribution in [0.3, 0.4) is 0 Å². The average Bonchev–Trinajstić information content (AvgIpc) is 2.80. The Morgan fingerprint density at radius 1 is 1.42 bits per heavy atom. The molecule has 6 nitrogen and oxygen atoms in total. The number of rotatable bonds is 3. The van der Waals surface area contributed by atoms with Gasteiger partial charge in [-0.05, 0) is 24.6 Å². The standard InChI is InChI=1S/C13H16N2O4/c1-7-2-3-8(4-10(7)14)12(16)15-11-6-19-5-9(11)13(17)18/h2-4,9,11H,5-6,14H2,1H3,(H,15,16)(H,17,18). The van der Waals surface area contributed by atoms with E-state index in [9.17, 15) is 9.59 Å². The first-order valence-electron chi connectivity index (χ1n) is 5.96. The number of benzene rings is 1. The highest BCUT2D eigenvalue weighted by molar-refractivity contribution is 5.95. The Kier molecular flexibility index (Phi) is 3.71. The third-order valence-corrected chi connectivity index (χ3v) is 3.26. The minimum Gasteiger partial charge on any atom is -0.481 e. The molecule has 0 saturated carbocycles. The Labute approximate surface area is 110 Å². The number of carbonyl (C=O) groups is 2. The maximum atomic E-state index is 12.0. The van der Waals surface area contributed by atoms with E-state index >= 15 is 0 Å². The Morgan fingerprint density at radius 2 is 2.16 bits per heavy atom. The second-order valence-corrected chi connectivity index (χ2v) is 4.63. The molecule has 0 aromatic heterocycles. The highest BCUT2D eigenvalue weighted by Crippen LogP contribution is 2.16. The summed E-state index contributed by atoms with van der Waals surface area (Å²) in [5.41, 5.74) is 7.58. The second kappa shape index (κ2) is 5.27. The van der Waals surface area contributed by atoms with E-state index in [2.05, 4.69) is 5.32 Å². The van der Waals surface area contributed by atoms with Crippen LogP contribution >= 0.6 is 0 Å². The van der Waals surface area contributed by atoms with Crippen LogP contribution in [-0.4, -0.2) is 36.2 Å². The van der Waals surface area contributed by atoms with E-state index in [4.69, 9.17) is 15.6 Å². The first kappa shape index (κ1) is 13.4. The van der Waals surface area contributed by atoms with Crippen molar-refractivity contribution in [2.45, 2.75) is 13.0 Å². The third-order valence-electron chi connectivity index (χ3n) is 3.26. The van der Waals surface area contributed by atoms with Gasteiger partial charge in [0, 0.05) is 11.3 Å². The number of nitrogens with one attached hydrogen (secondary N) is 1. The lowest BCUT2D eigenvalue weighted by Gasteiger charge is -2.16. The lowest BCUT2D eigenvalue weighted by Crippen LogP contribution is -2.42. The molecule has 1 heterocycles. The van der Waals surface area contributed by atoms with Crippen molar-refractivity contribution in [3.63, 3.8) is 0 Å². The lowest BCUT2D eigenvalue weighted by molar-refractivity contribution is -0.142. The number of carboxylic acid groups (broad SMARTS) is 1. The molecule has 1 aromatic carbocycles. The van der Waals surface area contributed by atoms with Crippen LogP contribution < -0.4 is 11.1 Å². The number of anilines is 1. The number of nitrogens with two attached hydrogens (primary N) is 1. The van der Waals surface area contributed by atoms with Crippen molar-refractivity contribution in [2.75, 3.05) is 18.9 Å². The van der Waals surface area contributed by atoms with E-state index in [1.54, 1.807) is 18.2 Å².